The molecule has 1 aliphatic heterocycles. The van der Waals surface area contributed by atoms with E-state index in [2.05, 4.69) is 17.9 Å². The van der Waals surface area contributed by atoms with E-state index in [1.807, 2.05) is 0 Å². The Morgan fingerprint density at radius 3 is 2.31 bits per heavy atom. The van der Waals surface area contributed by atoms with Gasteiger partial charge in [0.2, 0.25) is 0 Å². The van der Waals surface area contributed by atoms with Gasteiger partial charge in [0, 0.05) is 11.5 Å². The molecule has 0 saturated carbocycles. The maximum absolute atomic E-state index is 10.3. The lowest BCUT2D eigenvalue weighted by atomic mass is 10.4. The fraction of sp³-hybridized carbons (Fsp3) is 0.571. The monoisotopic (exact) mass is 268 g/mol. The SMILES string of the molecule is NC(CS)C(=O)O.O=C1NC(C(=O)O)CS1. The summed E-state index contributed by atoms with van der Waals surface area (Å²) in [5.41, 5.74) is 4.94. The van der Waals surface area contributed by atoms with E-state index in [0.717, 1.165) is 11.8 Å². The predicted molar refractivity (Wildman–Crippen MR) is 61.9 cm³/mol. The van der Waals surface area contributed by atoms with Crippen LogP contribution in [-0.2, 0) is 9.59 Å². The van der Waals surface area contributed by atoms with E-state index in [9.17, 15) is 14.4 Å². The molecular formula is C7H12N2O5S2. The molecule has 0 radical (unpaired) electrons. The molecule has 0 aromatic heterocycles. The first kappa shape index (κ1) is 15.1. The number of hydrogen-bond donors (Lipinski definition) is 5. The van der Waals surface area contributed by atoms with Crippen LogP contribution in [0.1, 0.15) is 0 Å². The Hall–Kier alpha value is -0.930. The quantitative estimate of drug-likeness (QED) is 0.425. The number of nitrogens with one attached hydrogen (secondary N) is 1. The molecule has 1 heterocycles. The van der Waals surface area contributed by atoms with Gasteiger partial charge < -0.3 is 21.3 Å². The van der Waals surface area contributed by atoms with Gasteiger partial charge in [0.1, 0.15) is 12.1 Å². The first-order valence-corrected chi connectivity index (χ1v) is 5.75. The third kappa shape index (κ3) is 5.83. The van der Waals surface area contributed by atoms with Crippen LogP contribution < -0.4 is 11.1 Å². The minimum absolute atomic E-state index is 0.190. The Bertz CT molecular complexity index is 286. The summed E-state index contributed by atoms with van der Waals surface area (Å²) in [6, 6.07) is -1.49. The summed E-state index contributed by atoms with van der Waals surface area (Å²) in [7, 11) is 0. The topological polar surface area (TPSA) is 130 Å². The molecule has 2 atom stereocenters. The minimum atomic E-state index is -1.00. The molecule has 9 heteroatoms. The number of thiol groups is 1. The molecule has 0 aromatic carbocycles. The number of carbonyl (C=O) groups is 3. The minimum Gasteiger partial charge on any atom is -0.480 e. The van der Waals surface area contributed by atoms with Crippen LogP contribution >= 0.6 is 24.4 Å². The van der Waals surface area contributed by atoms with Gasteiger partial charge >= 0.3 is 11.9 Å². The Balaban J connectivity index is 0.000000293. The molecule has 16 heavy (non-hydrogen) atoms. The summed E-state index contributed by atoms with van der Waals surface area (Å²) in [6.07, 6.45) is 0. The van der Waals surface area contributed by atoms with E-state index in [4.69, 9.17) is 15.9 Å². The molecule has 1 rings (SSSR count). The van der Waals surface area contributed by atoms with E-state index in [1.54, 1.807) is 0 Å². The average Bonchev–Trinajstić information content (AvgIpc) is 2.64. The van der Waals surface area contributed by atoms with Gasteiger partial charge in [-0.25, -0.2) is 4.79 Å². The molecule has 1 saturated heterocycles. The van der Waals surface area contributed by atoms with Crippen LogP contribution in [0.25, 0.3) is 0 Å². The molecule has 1 amide bonds. The maximum Gasteiger partial charge on any atom is 0.327 e. The van der Waals surface area contributed by atoms with Gasteiger partial charge in [0.05, 0.1) is 0 Å². The number of carboxylic acids is 2. The maximum atomic E-state index is 10.3. The summed E-state index contributed by atoms with van der Waals surface area (Å²) >= 11 is 4.65. The van der Waals surface area contributed by atoms with Gasteiger partial charge in [-0.05, 0) is 0 Å². The molecule has 0 aliphatic carbocycles. The van der Waals surface area contributed by atoms with Gasteiger partial charge in [0.15, 0.2) is 0 Å². The van der Waals surface area contributed by atoms with Crippen LogP contribution in [-0.4, -0.2) is 51.0 Å². The Labute approximate surface area is 101 Å². The third-order valence-electron chi connectivity index (χ3n) is 1.49. The lowest BCUT2D eigenvalue weighted by molar-refractivity contribution is -0.139. The zero-order valence-corrected chi connectivity index (χ0v) is 9.83. The van der Waals surface area contributed by atoms with Gasteiger partial charge in [0.25, 0.3) is 5.24 Å². The fourth-order valence-electron chi connectivity index (χ4n) is 0.596. The van der Waals surface area contributed by atoms with Crippen LogP contribution in [0.3, 0.4) is 0 Å². The Morgan fingerprint density at radius 2 is 2.19 bits per heavy atom. The molecule has 0 spiro atoms. The molecule has 92 valence electrons. The number of amides is 1. The van der Waals surface area contributed by atoms with Crippen molar-refractivity contribution < 1.29 is 24.6 Å². The second-order valence-electron chi connectivity index (χ2n) is 2.76. The van der Waals surface area contributed by atoms with Crippen molar-refractivity contribution in [3.63, 3.8) is 0 Å². The number of aliphatic carboxylic acids is 2. The van der Waals surface area contributed by atoms with Crippen molar-refractivity contribution in [3.05, 3.63) is 0 Å². The zero-order chi connectivity index (χ0) is 12.7. The largest absolute Gasteiger partial charge is 0.480 e. The first-order chi connectivity index (χ1) is 7.38. The number of nitrogens with two attached hydrogens (primary N) is 1. The van der Waals surface area contributed by atoms with Crippen molar-refractivity contribution in [2.24, 2.45) is 5.73 Å². The normalized spacial score (nSPS) is 20.4. The number of rotatable bonds is 3. The molecule has 1 aliphatic rings. The number of carbonyl (C=O) groups excluding carboxylic acids is 1. The lowest BCUT2D eigenvalue weighted by Crippen LogP contribution is -2.33. The Kier molecular flexibility index (Phi) is 6.93. The van der Waals surface area contributed by atoms with Crippen molar-refractivity contribution in [1.29, 1.82) is 0 Å². The van der Waals surface area contributed by atoms with Gasteiger partial charge in [-0.1, -0.05) is 11.8 Å². The van der Waals surface area contributed by atoms with E-state index >= 15 is 0 Å². The van der Waals surface area contributed by atoms with Crippen molar-refractivity contribution in [1.82, 2.24) is 5.32 Å². The van der Waals surface area contributed by atoms with E-state index in [0.29, 0.717) is 5.75 Å². The van der Waals surface area contributed by atoms with Gasteiger partial charge in [-0.15, -0.1) is 0 Å². The second-order valence-corrected chi connectivity index (χ2v) is 4.12. The third-order valence-corrected chi connectivity index (χ3v) is 2.76. The van der Waals surface area contributed by atoms with E-state index in [-0.39, 0.29) is 11.0 Å². The second kappa shape index (κ2) is 7.36. The predicted octanol–water partition coefficient (Wildman–Crippen LogP) is -0.776. The highest BCUT2D eigenvalue weighted by Gasteiger charge is 2.27. The van der Waals surface area contributed by atoms with Crippen LogP contribution in [0.2, 0.25) is 0 Å². The standard InChI is InChI=1S/C4H5NO3S.C3H7NO2S/c6-3(7)2-1-9-4(8)5-2;4-2(1-7)3(5)6/h2H,1H2,(H,5,8)(H,6,7);2,7H,1,4H2,(H,5,6). The van der Waals surface area contributed by atoms with E-state index < -0.39 is 24.0 Å². The average molecular weight is 268 g/mol. The van der Waals surface area contributed by atoms with Crippen LogP contribution in [0.15, 0.2) is 0 Å². The highest BCUT2D eigenvalue weighted by atomic mass is 32.2. The molecule has 2 unspecified atom stereocenters. The van der Waals surface area contributed by atoms with Gasteiger partial charge in [-0.3, -0.25) is 9.59 Å². The van der Waals surface area contributed by atoms with Crippen molar-refractivity contribution >= 4 is 41.6 Å². The fourth-order valence-corrected chi connectivity index (χ4v) is 1.52. The molecule has 1 fully saturated rings. The number of carboxylic acid groups (broad SMARTS) is 2. The Morgan fingerprint density at radius 1 is 1.62 bits per heavy atom. The highest BCUT2D eigenvalue weighted by molar-refractivity contribution is 8.14. The molecule has 5 N–H and O–H groups in total. The zero-order valence-electron chi connectivity index (χ0n) is 8.12. The van der Waals surface area contributed by atoms with Crippen molar-refractivity contribution in [2.45, 2.75) is 12.1 Å². The molecular weight excluding hydrogens is 256 g/mol. The number of hydrogen-bond acceptors (Lipinski definition) is 6. The highest BCUT2D eigenvalue weighted by Crippen LogP contribution is 2.12. The lowest BCUT2D eigenvalue weighted by Gasteiger charge is -1.98. The van der Waals surface area contributed by atoms with Crippen molar-refractivity contribution in [2.75, 3.05) is 11.5 Å². The van der Waals surface area contributed by atoms with Crippen LogP contribution in [0.4, 0.5) is 4.79 Å². The number of thioether (sulfide) groups is 1. The summed E-state index contributed by atoms with van der Waals surface area (Å²) in [4.78, 5) is 30.2. The molecule has 0 bridgehead atoms. The van der Waals surface area contributed by atoms with E-state index in [1.165, 1.54) is 0 Å². The first-order valence-electron chi connectivity index (χ1n) is 4.13. The molecule has 0 aromatic rings. The summed E-state index contributed by atoms with van der Waals surface area (Å²) in [5, 5.41) is 18.3. The molecule has 7 nitrogen and oxygen atoms in total. The summed E-state index contributed by atoms with van der Waals surface area (Å²) < 4.78 is 0. The van der Waals surface area contributed by atoms with Gasteiger partial charge in [-0.2, -0.15) is 12.6 Å². The smallest absolute Gasteiger partial charge is 0.327 e. The van der Waals surface area contributed by atoms with Crippen LogP contribution in [0.5, 0.6) is 0 Å². The summed E-state index contributed by atoms with van der Waals surface area (Å²) in [5.74, 6) is -1.44. The summed E-state index contributed by atoms with van der Waals surface area (Å²) in [6.45, 7) is 0. The van der Waals surface area contributed by atoms with Crippen molar-refractivity contribution in [3.8, 4) is 0 Å². The van der Waals surface area contributed by atoms with Crippen LogP contribution in [0, 0.1) is 0 Å².